The maximum absolute atomic E-state index is 11.0. The van der Waals surface area contributed by atoms with Gasteiger partial charge in [0.2, 0.25) is 0 Å². The van der Waals surface area contributed by atoms with Gasteiger partial charge in [-0.15, -0.1) is 0 Å². The molecule has 0 saturated carbocycles. The Morgan fingerprint density at radius 2 is 1.71 bits per heavy atom. The van der Waals surface area contributed by atoms with Crippen molar-refractivity contribution in [3.63, 3.8) is 0 Å². The molecule has 0 aliphatic heterocycles. The predicted octanol–water partition coefficient (Wildman–Crippen LogP) is 0.0207. The van der Waals surface area contributed by atoms with Crippen molar-refractivity contribution >= 4 is 20.2 Å². The van der Waals surface area contributed by atoms with Crippen molar-refractivity contribution in [2.45, 2.75) is 19.8 Å². The van der Waals surface area contributed by atoms with Crippen molar-refractivity contribution in [1.82, 2.24) is 0 Å². The summed E-state index contributed by atoms with van der Waals surface area (Å²) in [5.74, 6) is -0.964. The van der Waals surface area contributed by atoms with Gasteiger partial charge in [-0.05, 0) is 12.8 Å². The number of rotatable bonds is 7. The Balaban J connectivity index is 3.89. The molecule has 0 amide bonds. The Morgan fingerprint density at radius 3 is 2.14 bits per heavy atom. The van der Waals surface area contributed by atoms with E-state index in [-0.39, 0.29) is 13.0 Å². The van der Waals surface area contributed by atoms with Gasteiger partial charge in [0.05, 0.1) is 18.1 Å². The third-order valence-electron chi connectivity index (χ3n) is 1.26. The van der Waals surface area contributed by atoms with Crippen LogP contribution in [-0.2, 0) is 24.4 Å². The van der Waals surface area contributed by atoms with Crippen LogP contribution in [-0.4, -0.2) is 39.5 Å². The van der Waals surface area contributed by atoms with E-state index in [9.17, 15) is 16.8 Å². The zero-order chi connectivity index (χ0) is 11.2. The van der Waals surface area contributed by atoms with Crippen LogP contribution in [0, 0.1) is 0 Å². The van der Waals surface area contributed by atoms with Gasteiger partial charge in [0.1, 0.15) is 0 Å². The second-order valence-electron chi connectivity index (χ2n) is 2.72. The second-order valence-corrected chi connectivity index (χ2v) is 6.05. The largest absolute Gasteiger partial charge is 0.286 e. The molecule has 0 unspecified atom stereocenters. The molecular weight excluding hydrogens is 232 g/mol. The molecule has 0 spiro atoms. The van der Waals surface area contributed by atoms with Crippen molar-refractivity contribution < 1.29 is 25.6 Å². The average Bonchev–Trinajstić information content (AvgIpc) is 1.98. The molecule has 0 rings (SSSR count). The lowest BCUT2D eigenvalue weighted by atomic mass is 10.5. The van der Waals surface area contributed by atoms with Gasteiger partial charge in [0.15, 0.2) is 0 Å². The molecule has 0 saturated heterocycles. The van der Waals surface area contributed by atoms with Crippen molar-refractivity contribution in [2.24, 2.45) is 0 Å². The highest BCUT2D eigenvalue weighted by molar-refractivity contribution is 7.87. The highest BCUT2D eigenvalue weighted by Crippen LogP contribution is 1.99. The molecule has 14 heavy (non-hydrogen) atoms. The first-order valence-corrected chi connectivity index (χ1v) is 7.28. The van der Waals surface area contributed by atoms with Gasteiger partial charge in [0, 0.05) is 0 Å². The van der Waals surface area contributed by atoms with Crippen LogP contribution in [0.1, 0.15) is 19.8 Å². The summed E-state index contributed by atoms with van der Waals surface area (Å²) in [6.07, 6.45) is 0.405. The maximum atomic E-state index is 11.0. The normalized spacial score (nSPS) is 13.0. The van der Waals surface area contributed by atoms with Crippen molar-refractivity contribution in [3.8, 4) is 0 Å². The number of hydrogen-bond acceptors (Lipinski definition) is 5. The molecule has 0 aliphatic carbocycles. The Kier molecular flexibility index (Phi) is 5.57. The third kappa shape index (κ3) is 8.42. The fraction of sp³-hybridized carbons (Fsp3) is 1.00. The Hall–Kier alpha value is -0.180. The SMILES string of the molecule is CCCOS(=O)(=O)CCCS(=O)(=O)O. The van der Waals surface area contributed by atoms with Crippen LogP contribution in [0.4, 0.5) is 0 Å². The fourth-order valence-electron chi connectivity index (χ4n) is 0.687. The minimum atomic E-state index is -4.09. The van der Waals surface area contributed by atoms with Crippen LogP contribution < -0.4 is 0 Å². The quantitative estimate of drug-likeness (QED) is 0.502. The average molecular weight is 246 g/mol. The minimum Gasteiger partial charge on any atom is -0.286 e. The van der Waals surface area contributed by atoms with Crippen molar-refractivity contribution in [1.29, 1.82) is 0 Å². The first-order valence-electron chi connectivity index (χ1n) is 4.09. The third-order valence-corrected chi connectivity index (χ3v) is 3.38. The Morgan fingerprint density at radius 1 is 1.14 bits per heavy atom. The predicted molar refractivity (Wildman–Crippen MR) is 51.1 cm³/mol. The van der Waals surface area contributed by atoms with Gasteiger partial charge < -0.3 is 0 Å². The molecule has 0 heterocycles. The molecular formula is C6H14O6S2. The zero-order valence-electron chi connectivity index (χ0n) is 7.84. The summed E-state index contributed by atoms with van der Waals surface area (Å²) in [7, 11) is -7.73. The lowest BCUT2D eigenvalue weighted by Gasteiger charge is -2.02. The van der Waals surface area contributed by atoms with Crippen molar-refractivity contribution in [2.75, 3.05) is 18.1 Å². The number of hydrogen-bond donors (Lipinski definition) is 1. The first kappa shape index (κ1) is 13.8. The van der Waals surface area contributed by atoms with E-state index in [1.165, 1.54) is 0 Å². The summed E-state index contributed by atoms with van der Waals surface area (Å²) in [4.78, 5) is 0. The van der Waals surface area contributed by atoms with Crippen LogP contribution in [0.2, 0.25) is 0 Å². The van der Waals surface area contributed by atoms with Crippen molar-refractivity contribution in [3.05, 3.63) is 0 Å². The monoisotopic (exact) mass is 246 g/mol. The lowest BCUT2D eigenvalue weighted by molar-refractivity contribution is 0.318. The summed E-state index contributed by atoms with van der Waals surface area (Å²) in [6, 6.07) is 0. The van der Waals surface area contributed by atoms with Gasteiger partial charge in [-0.3, -0.25) is 8.74 Å². The van der Waals surface area contributed by atoms with Crippen LogP contribution in [0.15, 0.2) is 0 Å². The fourth-order valence-corrected chi connectivity index (χ4v) is 2.42. The summed E-state index contributed by atoms with van der Waals surface area (Å²) in [5.41, 5.74) is 0. The second kappa shape index (κ2) is 5.64. The van der Waals surface area contributed by atoms with Crippen LogP contribution in [0.25, 0.3) is 0 Å². The first-order chi connectivity index (χ1) is 6.27. The summed E-state index contributed by atoms with van der Waals surface area (Å²) >= 11 is 0. The highest BCUT2D eigenvalue weighted by Gasteiger charge is 2.13. The molecule has 1 N–H and O–H groups in total. The lowest BCUT2D eigenvalue weighted by Crippen LogP contribution is -2.14. The standard InChI is InChI=1S/C6H14O6S2/c1-2-4-12-14(10,11)6-3-5-13(7,8)9/h2-6H2,1H3,(H,7,8,9). The van der Waals surface area contributed by atoms with E-state index in [0.29, 0.717) is 6.42 Å². The minimum absolute atomic E-state index is 0.0915. The highest BCUT2D eigenvalue weighted by atomic mass is 32.2. The molecule has 86 valence electrons. The maximum Gasteiger partial charge on any atom is 0.267 e. The van der Waals surface area contributed by atoms with E-state index in [1.807, 2.05) is 0 Å². The Bertz CT molecular complexity index is 341. The molecule has 0 aromatic rings. The van der Waals surface area contributed by atoms with Crippen LogP contribution in [0.3, 0.4) is 0 Å². The van der Waals surface area contributed by atoms with E-state index < -0.39 is 31.7 Å². The van der Waals surface area contributed by atoms with Gasteiger partial charge in [-0.25, -0.2) is 0 Å². The van der Waals surface area contributed by atoms with Gasteiger partial charge in [-0.1, -0.05) is 6.92 Å². The molecule has 0 bridgehead atoms. The van der Waals surface area contributed by atoms with Crippen LogP contribution in [0.5, 0.6) is 0 Å². The summed E-state index contributed by atoms with van der Waals surface area (Å²) < 4.78 is 55.3. The van der Waals surface area contributed by atoms with E-state index in [4.69, 9.17) is 4.55 Å². The van der Waals surface area contributed by atoms with E-state index in [1.54, 1.807) is 6.92 Å². The van der Waals surface area contributed by atoms with E-state index in [2.05, 4.69) is 4.18 Å². The summed E-state index contributed by atoms with van der Waals surface area (Å²) in [5, 5.41) is 0. The van der Waals surface area contributed by atoms with Crippen LogP contribution >= 0.6 is 0 Å². The molecule has 0 fully saturated rings. The van der Waals surface area contributed by atoms with E-state index >= 15 is 0 Å². The Labute approximate surface area is 84.1 Å². The molecule has 0 aromatic heterocycles. The molecule has 0 aliphatic rings. The smallest absolute Gasteiger partial charge is 0.267 e. The molecule has 6 nitrogen and oxygen atoms in total. The molecule has 0 aromatic carbocycles. The topological polar surface area (TPSA) is 97.7 Å². The molecule has 0 atom stereocenters. The van der Waals surface area contributed by atoms with Gasteiger partial charge in [-0.2, -0.15) is 16.8 Å². The van der Waals surface area contributed by atoms with Gasteiger partial charge in [0.25, 0.3) is 20.2 Å². The zero-order valence-corrected chi connectivity index (χ0v) is 9.47. The summed E-state index contributed by atoms with van der Waals surface area (Å²) in [6.45, 7) is 1.85. The van der Waals surface area contributed by atoms with E-state index in [0.717, 1.165) is 0 Å². The molecule has 8 heteroatoms. The van der Waals surface area contributed by atoms with Gasteiger partial charge >= 0.3 is 0 Å². The molecule has 0 radical (unpaired) electrons.